The molecule has 4 N–H and O–H groups in total. The summed E-state index contributed by atoms with van der Waals surface area (Å²) >= 11 is 0. The molecule has 0 saturated carbocycles. The summed E-state index contributed by atoms with van der Waals surface area (Å²) in [5.74, 6) is 0.268. The molecule has 2 aromatic rings. The summed E-state index contributed by atoms with van der Waals surface area (Å²) < 4.78 is 11.7. The van der Waals surface area contributed by atoms with E-state index < -0.39 is 29.6 Å². The van der Waals surface area contributed by atoms with Gasteiger partial charge in [0.1, 0.15) is 35.9 Å². The molecule has 0 bridgehead atoms. The number of hydrogen-bond donors (Lipinski definition) is 3. The number of H-pyrrole nitrogens is 1. The summed E-state index contributed by atoms with van der Waals surface area (Å²) in [6.45, 7) is 13.1. The molecule has 13 nitrogen and oxygen atoms in total. The van der Waals surface area contributed by atoms with Gasteiger partial charge in [-0.3, -0.25) is 9.59 Å². The Bertz CT molecular complexity index is 1390. The maximum Gasteiger partial charge on any atom is 0.408 e. The van der Waals surface area contributed by atoms with Gasteiger partial charge in [-0.2, -0.15) is 0 Å². The van der Waals surface area contributed by atoms with Crippen molar-refractivity contribution in [3.05, 3.63) is 48.3 Å². The first kappa shape index (κ1) is 30.5. The SMILES string of the molecule is C=C1CCN(C(=O)C(CC(N)=O)NC(=O)OC(C)(C)C)C/C1=C(/C=C\C)OC[C@H]1CCCN1c1ncnc2nc[nH]c12. The molecule has 0 aromatic carbocycles. The number of imidazole rings is 1. The fourth-order valence-corrected chi connectivity index (χ4v) is 5.15. The highest BCUT2D eigenvalue weighted by molar-refractivity contribution is 5.91. The van der Waals surface area contributed by atoms with Gasteiger partial charge in [-0.25, -0.2) is 19.7 Å². The van der Waals surface area contributed by atoms with Crippen LogP contribution in [0.1, 0.15) is 53.4 Å². The molecule has 2 saturated heterocycles. The second-order valence-electron chi connectivity index (χ2n) is 11.4. The van der Waals surface area contributed by atoms with E-state index in [9.17, 15) is 14.4 Å². The third-order valence-corrected chi connectivity index (χ3v) is 7.06. The molecule has 226 valence electrons. The molecule has 0 radical (unpaired) electrons. The highest BCUT2D eigenvalue weighted by atomic mass is 16.6. The Morgan fingerprint density at radius 2 is 2.05 bits per heavy atom. The Morgan fingerprint density at radius 3 is 2.76 bits per heavy atom. The number of fused-ring (bicyclic) bond motifs is 1. The van der Waals surface area contributed by atoms with Crippen molar-refractivity contribution in [1.82, 2.24) is 30.2 Å². The molecule has 13 heteroatoms. The van der Waals surface area contributed by atoms with Crippen molar-refractivity contribution in [2.75, 3.05) is 31.1 Å². The van der Waals surface area contributed by atoms with E-state index in [0.29, 0.717) is 31.0 Å². The minimum Gasteiger partial charge on any atom is -0.491 e. The van der Waals surface area contributed by atoms with E-state index in [1.54, 1.807) is 32.0 Å². The molecule has 42 heavy (non-hydrogen) atoms. The smallest absolute Gasteiger partial charge is 0.408 e. The fourth-order valence-electron chi connectivity index (χ4n) is 5.15. The third kappa shape index (κ3) is 7.45. The molecule has 4 heterocycles. The van der Waals surface area contributed by atoms with Crippen LogP contribution in [0.5, 0.6) is 0 Å². The Labute approximate surface area is 245 Å². The average molecular weight is 581 g/mol. The monoisotopic (exact) mass is 580 g/mol. The van der Waals surface area contributed by atoms with Gasteiger partial charge >= 0.3 is 6.09 Å². The summed E-state index contributed by atoms with van der Waals surface area (Å²) in [5.41, 5.74) is 7.68. The number of ether oxygens (including phenoxy) is 2. The average Bonchev–Trinajstić information content (AvgIpc) is 3.59. The number of nitrogens with two attached hydrogens (primary N) is 1. The number of carbonyl (C=O) groups is 3. The van der Waals surface area contributed by atoms with Crippen LogP contribution in [-0.4, -0.2) is 86.7 Å². The van der Waals surface area contributed by atoms with Gasteiger partial charge in [0, 0.05) is 25.2 Å². The lowest BCUT2D eigenvalue weighted by molar-refractivity contribution is -0.135. The van der Waals surface area contributed by atoms with Crippen LogP contribution in [0.15, 0.2) is 48.3 Å². The summed E-state index contributed by atoms with van der Waals surface area (Å²) in [6.07, 6.45) is 8.15. The van der Waals surface area contributed by atoms with E-state index in [1.165, 1.54) is 6.33 Å². The Balaban J connectivity index is 1.50. The van der Waals surface area contributed by atoms with E-state index in [1.807, 2.05) is 19.1 Å². The van der Waals surface area contributed by atoms with Crippen LogP contribution in [0.2, 0.25) is 0 Å². The number of amides is 3. The maximum absolute atomic E-state index is 13.5. The largest absolute Gasteiger partial charge is 0.491 e. The molecular formula is C29H40N8O5. The number of hydrogen-bond acceptors (Lipinski definition) is 9. The lowest BCUT2D eigenvalue weighted by Gasteiger charge is -2.34. The number of likely N-dealkylation sites (tertiary alicyclic amines) is 1. The number of anilines is 1. The zero-order chi connectivity index (χ0) is 30.4. The van der Waals surface area contributed by atoms with Crippen LogP contribution >= 0.6 is 0 Å². The van der Waals surface area contributed by atoms with Gasteiger partial charge in [0.15, 0.2) is 11.5 Å². The molecule has 0 aliphatic carbocycles. The van der Waals surface area contributed by atoms with Crippen LogP contribution in [0, 0.1) is 0 Å². The number of alkyl carbamates (subject to hydrolysis) is 1. The van der Waals surface area contributed by atoms with E-state index in [-0.39, 0.29) is 19.0 Å². The van der Waals surface area contributed by atoms with Gasteiger partial charge in [0.05, 0.1) is 18.8 Å². The summed E-state index contributed by atoms with van der Waals surface area (Å²) in [7, 11) is 0. The zero-order valence-corrected chi connectivity index (χ0v) is 24.7. The molecule has 0 spiro atoms. The van der Waals surface area contributed by atoms with Crippen molar-refractivity contribution >= 4 is 34.9 Å². The highest BCUT2D eigenvalue weighted by Gasteiger charge is 2.33. The zero-order valence-electron chi connectivity index (χ0n) is 24.7. The number of nitrogens with one attached hydrogen (secondary N) is 2. The van der Waals surface area contributed by atoms with Crippen molar-refractivity contribution in [1.29, 1.82) is 0 Å². The minimum absolute atomic E-state index is 0.0693. The number of aromatic amines is 1. The van der Waals surface area contributed by atoms with Crippen LogP contribution in [0.3, 0.4) is 0 Å². The number of aromatic nitrogens is 4. The summed E-state index contributed by atoms with van der Waals surface area (Å²) in [6, 6.07) is -1.09. The van der Waals surface area contributed by atoms with Crippen molar-refractivity contribution in [3.8, 4) is 0 Å². The highest BCUT2D eigenvalue weighted by Crippen LogP contribution is 2.30. The lowest BCUT2D eigenvalue weighted by Crippen LogP contribution is -2.52. The molecule has 2 aromatic heterocycles. The molecule has 3 amide bonds. The van der Waals surface area contributed by atoms with E-state index in [4.69, 9.17) is 15.2 Å². The van der Waals surface area contributed by atoms with E-state index in [2.05, 4.69) is 36.7 Å². The van der Waals surface area contributed by atoms with Gasteiger partial charge in [0.25, 0.3) is 0 Å². The van der Waals surface area contributed by atoms with Gasteiger partial charge in [-0.15, -0.1) is 0 Å². The molecule has 2 atom stereocenters. The normalized spacial score (nSPS) is 19.7. The predicted octanol–water partition coefficient (Wildman–Crippen LogP) is 2.73. The minimum atomic E-state index is -1.16. The first-order valence-electron chi connectivity index (χ1n) is 14.1. The van der Waals surface area contributed by atoms with Crippen LogP contribution in [0.25, 0.3) is 11.2 Å². The fraction of sp³-hybridized carbons (Fsp3) is 0.517. The molecule has 2 aliphatic heterocycles. The number of nitrogens with zero attached hydrogens (tertiary/aromatic N) is 5. The topological polar surface area (TPSA) is 169 Å². The molecule has 4 rings (SSSR count). The van der Waals surface area contributed by atoms with Crippen LogP contribution in [0.4, 0.5) is 10.6 Å². The number of primary amides is 1. The van der Waals surface area contributed by atoms with Crippen molar-refractivity contribution in [2.45, 2.75) is 71.1 Å². The van der Waals surface area contributed by atoms with Crippen molar-refractivity contribution in [2.24, 2.45) is 5.73 Å². The van der Waals surface area contributed by atoms with E-state index >= 15 is 0 Å². The molecule has 2 aliphatic rings. The predicted molar refractivity (Wildman–Crippen MR) is 157 cm³/mol. The Morgan fingerprint density at radius 1 is 1.26 bits per heavy atom. The number of rotatable bonds is 9. The molecule has 2 fully saturated rings. The van der Waals surface area contributed by atoms with Gasteiger partial charge in [0.2, 0.25) is 11.8 Å². The van der Waals surface area contributed by atoms with Gasteiger partial charge < -0.3 is 35.3 Å². The Hall–Kier alpha value is -4.42. The summed E-state index contributed by atoms with van der Waals surface area (Å²) in [4.78, 5) is 57.6. The lowest BCUT2D eigenvalue weighted by atomic mass is 9.96. The summed E-state index contributed by atoms with van der Waals surface area (Å²) in [5, 5.41) is 2.52. The second kappa shape index (κ2) is 13.0. The molecular weight excluding hydrogens is 540 g/mol. The van der Waals surface area contributed by atoms with Crippen LogP contribution < -0.4 is 16.0 Å². The van der Waals surface area contributed by atoms with Crippen LogP contribution in [-0.2, 0) is 19.1 Å². The first-order valence-corrected chi connectivity index (χ1v) is 14.1. The third-order valence-electron chi connectivity index (χ3n) is 7.06. The van der Waals surface area contributed by atoms with Gasteiger partial charge in [-0.05, 0) is 58.6 Å². The van der Waals surface area contributed by atoms with E-state index in [0.717, 1.165) is 41.9 Å². The Kier molecular flexibility index (Phi) is 9.48. The first-order chi connectivity index (χ1) is 20.0. The second-order valence-corrected chi connectivity index (χ2v) is 11.4. The standard InChI is InChI=1S/C29H40N8O5/c1-6-8-22(41-15-19-9-7-11-37(19)26-24-25(32-16-31-24)33-17-34-26)20-14-36(12-10-18(20)2)27(39)21(13-23(30)38)35-28(40)42-29(3,4)5/h6,8,16-17,19,21H,2,7,9-15H2,1,3-5H3,(H2,30,38)(H,35,40)(H,31,32,33,34)/b8-6-,22-20+/t19-,21?/m1/s1. The van der Waals surface area contributed by atoms with Gasteiger partial charge in [-0.1, -0.05) is 12.7 Å². The van der Waals surface area contributed by atoms with Crippen molar-refractivity contribution in [3.63, 3.8) is 0 Å². The maximum atomic E-state index is 13.5. The van der Waals surface area contributed by atoms with Crippen molar-refractivity contribution < 1.29 is 23.9 Å². The number of allylic oxidation sites excluding steroid dienone is 2. The molecule has 1 unspecified atom stereocenters. The quantitative estimate of drug-likeness (QED) is 0.378. The number of piperidine rings is 1. The number of carbonyl (C=O) groups excluding carboxylic acids is 3.